The van der Waals surface area contributed by atoms with E-state index < -0.39 is 11.9 Å². The molecule has 0 aromatic heterocycles. The molecule has 5 heteroatoms. The third-order valence-electron chi connectivity index (χ3n) is 1.06. The standard InChI is InChI=1S/C9H12O5/c1-3-5-14-7(6-8(10)11)9(12)13-4-2/h3,5-6H,4H2,1-2H3,(H,10,11)/b5-3?,7-6-. The van der Waals surface area contributed by atoms with Crippen molar-refractivity contribution in [3.05, 3.63) is 24.2 Å². The van der Waals surface area contributed by atoms with Gasteiger partial charge >= 0.3 is 11.9 Å². The van der Waals surface area contributed by atoms with Crippen LogP contribution in [0.15, 0.2) is 24.2 Å². The third-order valence-corrected chi connectivity index (χ3v) is 1.06. The van der Waals surface area contributed by atoms with Crippen LogP contribution in [0.4, 0.5) is 0 Å². The van der Waals surface area contributed by atoms with Crippen LogP contribution in [-0.4, -0.2) is 23.7 Å². The number of aliphatic carboxylic acids is 1. The Bertz CT molecular complexity index is 264. The Morgan fingerprint density at radius 2 is 2.07 bits per heavy atom. The number of carboxylic acid groups (broad SMARTS) is 1. The van der Waals surface area contributed by atoms with Crippen LogP contribution in [0.3, 0.4) is 0 Å². The van der Waals surface area contributed by atoms with E-state index in [0.717, 1.165) is 0 Å². The molecular weight excluding hydrogens is 188 g/mol. The highest BCUT2D eigenvalue weighted by molar-refractivity contribution is 5.94. The molecule has 0 aromatic rings. The molecule has 0 spiro atoms. The number of esters is 1. The summed E-state index contributed by atoms with van der Waals surface area (Å²) in [4.78, 5) is 21.4. The first-order valence-corrected chi connectivity index (χ1v) is 4.01. The molecule has 0 rings (SSSR count). The van der Waals surface area contributed by atoms with Gasteiger partial charge < -0.3 is 14.6 Å². The number of hydrogen-bond acceptors (Lipinski definition) is 4. The van der Waals surface area contributed by atoms with Gasteiger partial charge in [0, 0.05) is 0 Å². The molecule has 0 atom stereocenters. The minimum absolute atomic E-state index is 0.162. The average molecular weight is 200 g/mol. The van der Waals surface area contributed by atoms with Crippen molar-refractivity contribution in [3.63, 3.8) is 0 Å². The van der Waals surface area contributed by atoms with E-state index >= 15 is 0 Å². The summed E-state index contributed by atoms with van der Waals surface area (Å²) >= 11 is 0. The molecule has 0 heterocycles. The molecular formula is C9H12O5. The van der Waals surface area contributed by atoms with Gasteiger partial charge in [-0.15, -0.1) is 0 Å². The fourth-order valence-electron chi connectivity index (χ4n) is 0.597. The minimum atomic E-state index is -1.27. The lowest BCUT2D eigenvalue weighted by Gasteiger charge is -2.03. The van der Waals surface area contributed by atoms with Crippen molar-refractivity contribution in [1.29, 1.82) is 0 Å². The van der Waals surface area contributed by atoms with Crippen LogP contribution in [0.2, 0.25) is 0 Å². The molecule has 5 nitrogen and oxygen atoms in total. The molecule has 0 aromatic carbocycles. The van der Waals surface area contributed by atoms with Gasteiger partial charge in [-0.1, -0.05) is 6.08 Å². The number of allylic oxidation sites excluding steroid dienone is 1. The van der Waals surface area contributed by atoms with Gasteiger partial charge in [-0.05, 0) is 13.8 Å². The fourth-order valence-corrected chi connectivity index (χ4v) is 0.597. The second-order valence-electron chi connectivity index (χ2n) is 2.15. The maximum absolute atomic E-state index is 11.1. The van der Waals surface area contributed by atoms with Gasteiger partial charge in [0.2, 0.25) is 5.76 Å². The van der Waals surface area contributed by atoms with Crippen LogP contribution in [0.5, 0.6) is 0 Å². The lowest BCUT2D eigenvalue weighted by Crippen LogP contribution is -2.10. The Kier molecular flexibility index (Phi) is 5.85. The van der Waals surface area contributed by atoms with E-state index in [1.54, 1.807) is 13.8 Å². The van der Waals surface area contributed by atoms with Gasteiger partial charge in [-0.3, -0.25) is 0 Å². The van der Waals surface area contributed by atoms with Crippen LogP contribution >= 0.6 is 0 Å². The van der Waals surface area contributed by atoms with Crippen molar-refractivity contribution in [2.75, 3.05) is 6.61 Å². The molecule has 0 radical (unpaired) electrons. The third kappa shape index (κ3) is 4.97. The van der Waals surface area contributed by atoms with Crippen molar-refractivity contribution < 1.29 is 24.2 Å². The molecule has 14 heavy (non-hydrogen) atoms. The van der Waals surface area contributed by atoms with Crippen molar-refractivity contribution >= 4 is 11.9 Å². The van der Waals surface area contributed by atoms with Crippen molar-refractivity contribution in [2.45, 2.75) is 13.8 Å². The highest BCUT2D eigenvalue weighted by atomic mass is 16.6. The maximum Gasteiger partial charge on any atom is 0.374 e. The molecule has 0 saturated heterocycles. The highest BCUT2D eigenvalue weighted by Gasteiger charge is 2.12. The molecule has 0 fully saturated rings. The monoisotopic (exact) mass is 200 g/mol. The summed E-state index contributed by atoms with van der Waals surface area (Å²) in [6.07, 6.45) is 3.37. The molecule has 0 aliphatic carbocycles. The first kappa shape index (κ1) is 12.2. The summed E-state index contributed by atoms with van der Waals surface area (Å²) in [6.45, 7) is 3.45. The van der Waals surface area contributed by atoms with E-state index in [9.17, 15) is 9.59 Å². The van der Waals surface area contributed by atoms with Gasteiger partial charge in [-0.2, -0.15) is 0 Å². The molecule has 0 aliphatic heterocycles. The number of ether oxygens (including phenoxy) is 2. The zero-order chi connectivity index (χ0) is 11.0. The van der Waals surface area contributed by atoms with Crippen LogP contribution in [0.25, 0.3) is 0 Å². The van der Waals surface area contributed by atoms with Crippen LogP contribution in [-0.2, 0) is 19.1 Å². The quantitative estimate of drug-likeness (QED) is 0.408. The molecule has 1 N–H and O–H groups in total. The topological polar surface area (TPSA) is 72.8 Å². The predicted molar refractivity (Wildman–Crippen MR) is 48.3 cm³/mol. The first-order valence-electron chi connectivity index (χ1n) is 4.01. The maximum atomic E-state index is 11.1. The largest absolute Gasteiger partial charge is 0.478 e. The van der Waals surface area contributed by atoms with Crippen LogP contribution < -0.4 is 0 Å². The summed E-state index contributed by atoms with van der Waals surface area (Å²) in [5.74, 6) is -2.41. The molecule has 0 amide bonds. The van der Waals surface area contributed by atoms with Crippen molar-refractivity contribution in [2.24, 2.45) is 0 Å². The Morgan fingerprint density at radius 3 is 2.50 bits per heavy atom. The van der Waals surface area contributed by atoms with Crippen molar-refractivity contribution in [1.82, 2.24) is 0 Å². The second-order valence-corrected chi connectivity index (χ2v) is 2.15. The SMILES string of the molecule is CC=CO/C(=C\C(=O)O)C(=O)OCC. The highest BCUT2D eigenvalue weighted by Crippen LogP contribution is 2.01. The fraction of sp³-hybridized carbons (Fsp3) is 0.333. The van der Waals surface area contributed by atoms with E-state index in [-0.39, 0.29) is 12.4 Å². The lowest BCUT2D eigenvalue weighted by atomic mass is 10.4. The van der Waals surface area contributed by atoms with E-state index in [1.165, 1.54) is 12.3 Å². The molecule has 78 valence electrons. The Morgan fingerprint density at radius 1 is 1.43 bits per heavy atom. The minimum Gasteiger partial charge on any atom is -0.478 e. The normalized spacial score (nSPS) is 11.4. The first-order chi connectivity index (χ1) is 6.61. The zero-order valence-electron chi connectivity index (χ0n) is 8.02. The smallest absolute Gasteiger partial charge is 0.374 e. The Labute approximate surface area is 81.6 Å². The van der Waals surface area contributed by atoms with Gasteiger partial charge in [0.15, 0.2) is 0 Å². The number of rotatable bonds is 5. The van der Waals surface area contributed by atoms with Gasteiger partial charge in [0.1, 0.15) is 0 Å². The van der Waals surface area contributed by atoms with Crippen LogP contribution in [0, 0.1) is 0 Å². The second kappa shape index (κ2) is 6.71. The number of carbonyl (C=O) groups is 2. The average Bonchev–Trinajstić information content (AvgIpc) is 2.12. The van der Waals surface area contributed by atoms with E-state index in [2.05, 4.69) is 4.74 Å². The molecule has 0 saturated carbocycles. The van der Waals surface area contributed by atoms with Crippen LogP contribution in [0.1, 0.15) is 13.8 Å². The Balaban J connectivity index is 4.54. The Hall–Kier alpha value is -1.78. The molecule has 0 bridgehead atoms. The molecule has 0 aliphatic rings. The zero-order valence-corrected chi connectivity index (χ0v) is 8.02. The molecule has 0 unspecified atom stereocenters. The van der Waals surface area contributed by atoms with E-state index in [1.807, 2.05) is 0 Å². The van der Waals surface area contributed by atoms with Gasteiger partial charge in [-0.25, -0.2) is 9.59 Å². The summed E-state index contributed by atoms with van der Waals surface area (Å²) in [7, 11) is 0. The summed E-state index contributed by atoms with van der Waals surface area (Å²) < 4.78 is 9.31. The predicted octanol–water partition coefficient (Wildman–Crippen LogP) is 1.07. The van der Waals surface area contributed by atoms with E-state index in [0.29, 0.717) is 6.08 Å². The van der Waals surface area contributed by atoms with Gasteiger partial charge in [0.25, 0.3) is 0 Å². The number of carboxylic acids is 1. The van der Waals surface area contributed by atoms with E-state index in [4.69, 9.17) is 9.84 Å². The summed E-state index contributed by atoms with van der Waals surface area (Å²) in [5.41, 5.74) is 0. The number of carbonyl (C=O) groups excluding carboxylic acids is 1. The van der Waals surface area contributed by atoms with Crippen molar-refractivity contribution in [3.8, 4) is 0 Å². The van der Waals surface area contributed by atoms with Gasteiger partial charge in [0.05, 0.1) is 18.9 Å². The summed E-state index contributed by atoms with van der Waals surface area (Å²) in [6, 6.07) is 0. The number of hydrogen-bond donors (Lipinski definition) is 1. The lowest BCUT2D eigenvalue weighted by molar-refractivity contribution is -0.142. The summed E-state index contributed by atoms with van der Waals surface area (Å²) in [5, 5.41) is 8.41.